The van der Waals surface area contributed by atoms with Crippen molar-refractivity contribution in [2.75, 3.05) is 33.7 Å². The van der Waals surface area contributed by atoms with Crippen LogP contribution < -0.4 is 0 Å². The molecule has 29 heavy (non-hydrogen) atoms. The number of fused-ring (bicyclic) bond motifs is 2. The standard InChI is InChI=1S/C25H31FN2O/c1-27(2)24(29)21(16-19-6-4-3-5-7-19)18-28-14-12-25(13-15-28)11-10-20-8-9-22(26)17-23(20)25/h3-9,17,21H,10-16,18H2,1-2H3. The molecule has 2 aromatic rings. The van der Waals surface area contributed by atoms with Gasteiger partial charge in [0.2, 0.25) is 5.91 Å². The van der Waals surface area contributed by atoms with E-state index in [-0.39, 0.29) is 23.1 Å². The van der Waals surface area contributed by atoms with E-state index >= 15 is 0 Å². The van der Waals surface area contributed by atoms with Crippen LogP contribution >= 0.6 is 0 Å². The number of halogens is 1. The van der Waals surface area contributed by atoms with Crippen LogP contribution in [0.4, 0.5) is 4.39 Å². The lowest BCUT2D eigenvalue weighted by Crippen LogP contribution is -2.46. The maximum absolute atomic E-state index is 13.9. The van der Waals surface area contributed by atoms with Crippen molar-refractivity contribution in [1.82, 2.24) is 9.80 Å². The fourth-order valence-electron chi connectivity index (χ4n) is 5.26. The smallest absolute Gasteiger partial charge is 0.226 e. The van der Waals surface area contributed by atoms with E-state index in [4.69, 9.17) is 0 Å². The van der Waals surface area contributed by atoms with E-state index < -0.39 is 0 Å². The van der Waals surface area contributed by atoms with E-state index in [1.807, 2.05) is 38.4 Å². The lowest BCUT2D eigenvalue weighted by molar-refractivity contribution is -0.133. The molecule has 1 fully saturated rings. The predicted molar refractivity (Wildman–Crippen MR) is 114 cm³/mol. The number of aryl methyl sites for hydroxylation is 1. The molecule has 4 heteroatoms. The van der Waals surface area contributed by atoms with Crippen LogP contribution in [0.25, 0.3) is 0 Å². The lowest BCUT2D eigenvalue weighted by atomic mass is 9.73. The summed E-state index contributed by atoms with van der Waals surface area (Å²) in [5.41, 5.74) is 3.90. The van der Waals surface area contributed by atoms with Crippen LogP contribution in [0.3, 0.4) is 0 Å². The van der Waals surface area contributed by atoms with Crippen molar-refractivity contribution in [1.29, 1.82) is 0 Å². The molecule has 1 amide bonds. The summed E-state index contributed by atoms with van der Waals surface area (Å²) in [4.78, 5) is 17.0. The van der Waals surface area contributed by atoms with Crippen LogP contribution in [-0.2, 0) is 23.1 Å². The van der Waals surface area contributed by atoms with Crippen molar-refractivity contribution < 1.29 is 9.18 Å². The summed E-state index contributed by atoms with van der Waals surface area (Å²) in [5.74, 6) is 0.0455. The highest BCUT2D eigenvalue weighted by atomic mass is 19.1. The molecule has 1 aliphatic carbocycles. The van der Waals surface area contributed by atoms with Gasteiger partial charge in [0.15, 0.2) is 0 Å². The molecule has 2 aromatic carbocycles. The van der Waals surface area contributed by atoms with E-state index in [0.717, 1.165) is 51.7 Å². The molecule has 0 bridgehead atoms. The Morgan fingerprint density at radius 2 is 1.83 bits per heavy atom. The summed E-state index contributed by atoms with van der Waals surface area (Å²) in [5, 5.41) is 0. The number of carbonyl (C=O) groups is 1. The molecule has 1 unspecified atom stereocenters. The van der Waals surface area contributed by atoms with Gasteiger partial charge in [0.1, 0.15) is 5.82 Å². The number of hydrogen-bond acceptors (Lipinski definition) is 2. The number of benzene rings is 2. The second-order valence-corrected chi connectivity index (χ2v) is 9.00. The Kier molecular flexibility index (Phi) is 5.73. The molecule has 4 rings (SSSR count). The number of piperidine rings is 1. The first-order valence-electron chi connectivity index (χ1n) is 10.7. The van der Waals surface area contributed by atoms with Crippen molar-refractivity contribution in [3.8, 4) is 0 Å². The Balaban J connectivity index is 1.44. The first-order chi connectivity index (χ1) is 14.0. The highest BCUT2D eigenvalue weighted by Crippen LogP contribution is 2.46. The topological polar surface area (TPSA) is 23.6 Å². The lowest BCUT2D eigenvalue weighted by Gasteiger charge is -2.41. The molecular weight excluding hydrogens is 363 g/mol. The van der Waals surface area contributed by atoms with Gasteiger partial charge in [-0.05, 0) is 79.4 Å². The van der Waals surface area contributed by atoms with Crippen molar-refractivity contribution >= 4 is 5.91 Å². The molecule has 154 valence electrons. The van der Waals surface area contributed by atoms with E-state index in [2.05, 4.69) is 17.0 Å². The number of amides is 1. The highest BCUT2D eigenvalue weighted by Gasteiger charge is 2.41. The number of hydrogen-bond donors (Lipinski definition) is 0. The van der Waals surface area contributed by atoms with Gasteiger partial charge in [-0.3, -0.25) is 4.79 Å². The van der Waals surface area contributed by atoms with E-state index in [1.165, 1.54) is 16.7 Å². The summed E-state index contributed by atoms with van der Waals surface area (Å²) in [7, 11) is 3.69. The van der Waals surface area contributed by atoms with Gasteiger partial charge < -0.3 is 9.80 Å². The molecular formula is C25H31FN2O. The molecule has 0 radical (unpaired) electrons. The molecule has 1 heterocycles. The van der Waals surface area contributed by atoms with Crippen molar-refractivity contribution in [3.63, 3.8) is 0 Å². The summed E-state index contributed by atoms with van der Waals surface area (Å²) >= 11 is 0. The average Bonchev–Trinajstić information content (AvgIpc) is 3.07. The first-order valence-corrected chi connectivity index (χ1v) is 10.7. The van der Waals surface area contributed by atoms with Gasteiger partial charge in [0.05, 0.1) is 5.92 Å². The van der Waals surface area contributed by atoms with Crippen LogP contribution in [-0.4, -0.2) is 49.4 Å². The van der Waals surface area contributed by atoms with Gasteiger partial charge in [0, 0.05) is 20.6 Å². The zero-order valence-corrected chi connectivity index (χ0v) is 17.5. The minimum Gasteiger partial charge on any atom is -0.349 e. The quantitative estimate of drug-likeness (QED) is 0.764. The molecule has 1 atom stereocenters. The molecule has 2 aliphatic rings. The van der Waals surface area contributed by atoms with Gasteiger partial charge >= 0.3 is 0 Å². The summed E-state index contributed by atoms with van der Waals surface area (Å²) < 4.78 is 13.9. The minimum atomic E-state index is -0.119. The van der Waals surface area contributed by atoms with Crippen LogP contribution in [0.2, 0.25) is 0 Å². The maximum Gasteiger partial charge on any atom is 0.226 e. The van der Waals surface area contributed by atoms with Crippen LogP contribution in [0.5, 0.6) is 0 Å². The largest absolute Gasteiger partial charge is 0.349 e. The van der Waals surface area contributed by atoms with E-state index in [0.29, 0.717) is 0 Å². The normalized spacial score (nSPS) is 19.1. The third-order valence-corrected chi connectivity index (χ3v) is 6.92. The minimum absolute atomic E-state index is 0.0326. The van der Waals surface area contributed by atoms with E-state index in [1.54, 1.807) is 17.0 Å². The van der Waals surface area contributed by atoms with Gasteiger partial charge in [-0.25, -0.2) is 4.39 Å². The highest BCUT2D eigenvalue weighted by molar-refractivity contribution is 5.78. The van der Waals surface area contributed by atoms with Gasteiger partial charge in [-0.2, -0.15) is 0 Å². The molecule has 1 spiro atoms. The van der Waals surface area contributed by atoms with Crippen LogP contribution in [0.15, 0.2) is 48.5 Å². The third-order valence-electron chi connectivity index (χ3n) is 6.92. The van der Waals surface area contributed by atoms with Crippen molar-refractivity contribution in [2.24, 2.45) is 5.92 Å². The molecule has 0 aromatic heterocycles. The molecule has 1 aliphatic heterocycles. The monoisotopic (exact) mass is 394 g/mol. The average molecular weight is 395 g/mol. The fourth-order valence-corrected chi connectivity index (χ4v) is 5.26. The zero-order chi connectivity index (χ0) is 20.4. The Bertz CT molecular complexity index is 856. The number of nitrogens with zero attached hydrogens (tertiary/aromatic N) is 2. The van der Waals surface area contributed by atoms with Crippen molar-refractivity contribution in [3.05, 3.63) is 71.0 Å². The summed E-state index contributed by atoms with van der Waals surface area (Å²) in [6.07, 6.45) is 5.07. The Morgan fingerprint density at radius 3 is 2.52 bits per heavy atom. The zero-order valence-electron chi connectivity index (χ0n) is 17.5. The Hall–Kier alpha value is -2.20. The van der Waals surface area contributed by atoms with Gasteiger partial charge in [-0.15, -0.1) is 0 Å². The Labute approximate surface area is 173 Å². The molecule has 0 saturated carbocycles. The summed E-state index contributed by atoms with van der Waals surface area (Å²) in [6, 6.07) is 15.6. The number of likely N-dealkylation sites (tertiary alicyclic amines) is 1. The maximum atomic E-state index is 13.9. The molecule has 3 nitrogen and oxygen atoms in total. The fraction of sp³-hybridized carbons (Fsp3) is 0.480. The SMILES string of the molecule is CN(C)C(=O)C(Cc1ccccc1)CN1CCC2(CCc3ccc(F)cc32)CC1. The van der Waals surface area contributed by atoms with Crippen LogP contribution in [0.1, 0.15) is 36.0 Å². The first kappa shape index (κ1) is 20.1. The molecule has 1 saturated heterocycles. The van der Waals surface area contributed by atoms with Gasteiger partial charge in [0.25, 0.3) is 0 Å². The summed E-state index contributed by atoms with van der Waals surface area (Å²) in [6.45, 7) is 2.74. The third kappa shape index (κ3) is 4.23. The second kappa shape index (κ2) is 8.27. The number of rotatable bonds is 5. The predicted octanol–water partition coefficient (Wildman–Crippen LogP) is 4.05. The van der Waals surface area contributed by atoms with Crippen LogP contribution in [0, 0.1) is 11.7 Å². The Morgan fingerprint density at radius 1 is 1.10 bits per heavy atom. The van der Waals surface area contributed by atoms with Crippen molar-refractivity contribution in [2.45, 2.75) is 37.5 Å². The number of carbonyl (C=O) groups excluding carboxylic acids is 1. The second-order valence-electron chi connectivity index (χ2n) is 9.00. The van der Waals surface area contributed by atoms with E-state index in [9.17, 15) is 9.18 Å². The molecule has 0 N–H and O–H groups in total. The van der Waals surface area contributed by atoms with Gasteiger partial charge in [-0.1, -0.05) is 36.4 Å².